The molecule has 0 bridgehead atoms. The molecule has 0 saturated carbocycles. The van der Waals surface area contributed by atoms with Gasteiger partial charge in [0.1, 0.15) is 11.2 Å². The van der Waals surface area contributed by atoms with E-state index in [-0.39, 0.29) is 0 Å². The lowest BCUT2D eigenvalue weighted by atomic mass is 9.67. The molecule has 0 saturated heterocycles. The van der Waals surface area contributed by atoms with E-state index in [4.69, 9.17) is 4.42 Å². The molecule has 0 fully saturated rings. The number of para-hydroxylation sites is 2. The molecule has 0 amide bonds. The summed E-state index contributed by atoms with van der Waals surface area (Å²) in [5.74, 6) is 0.392. The topological polar surface area (TPSA) is 16.4 Å². The molecule has 1 heterocycles. The number of allylic oxidation sites excluding steroid dienone is 4. The SMILES string of the molecule is CC1CC2=C(C=C1c1ccccc1)C1(c3cc(N(c4ccccc4)c4cccc5oc6ccccc6c45)ccc32)c2ccccc2-c2ccccc21. The van der Waals surface area contributed by atoms with Crippen molar-refractivity contribution in [3.05, 3.63) is 209 Å². The second kappa shape index (κ2) is 11.1. The molecule has 11 rings (SSSR count). The number of furan rings is 1. The lowest BCUT2D eigenvalue weighted by Gasteiger charge is -2.34. The number of hydrogen-bond acceptors (Lipinski definition) is 2. The molecule has 7 aromatic carbocycles. The molecule has 1 atom stereocenters. The van der Waals surface area contributed by atoms with Gasteiger partial charge in [-0.15, -0.1) is 0 Å². The zero-order valence-electron chi connectivity index (χ0n) is 28.9. The highest BCUT2D eigenvalue weighted by atomic mass is 16.3. The standard InChI is InChI=1S/C50H35NO/c1-32-29-41-38-28-27-35(51(34-17-6-3-7-18-34)46-24-14-26-48-49(46)39-21-10-13-25-47(39)52-48)30-44(38)50(45(41)31-40(32)33-15-4-2-5-16-33)42-22-11-8-19-36(42)37-20-9-12-23-43(37)50/h2-28,30-32H,29H2,1H3. The third-order valence-corrected chi connectivity index (χ3v) is 11.8. The molecule has 1 spiro atoms. The van der Waals surface area contributed by atoms with Crippen molar-refractivity contribution >= 4 is 50.1 Å². The Morgan fingerprint density at radius 3 is 1.98 bits per heavy atom. The second-order valence-electron chi connectivity index (χ2n) is 14.5. The normalized spacial score (nSPS) is 16.5. The number of benzene rings is 7. The van der Waals surface area contributed by atoms with Crippen LogP contribution < -0.4 is 4.90 Å². The average molecular weight is 666 g/mol. The van der Waals surface area contributed by atoms with Crippen molar-refractivity contribution in [1.29, 1.82) is 0 Å². The molecule has 1 aromatic heterocycles. The van der Waals surface area contributed by atoms with Crippen LogP contribution in [0, 0.1) is 5.92 Å². The van der Waals surface area contributed by atoms with Gasteiger partial charge in [-0.05, 0) is 110 Å². The average Bonchev–Trinajstić information content (AvgIpc) is 3.82. The highest BCUT2D eigenvalue weighted by Crippen LogP contribution is 2.65. The highest BCUT2D eigenvalue weighted by molar-refractivity contribution is 6.13. The van der Waals surface area contributed by atoms with E-state index in [1.54, 1.807) is 0 Å². The monoisotopic (exact) mass is 665 g/mol. The van der Waals surface area contributed by atoms with Gasteiger partial charge in [0.2, 0.25) is 0 Å². The first-order valence-electron chi connectivity index (χ1n) is 18.3. The molecule has 1 unspecified atom stereocenters. The predicted molar refractivity (Wildman–Crippen MR) is 215 cm³/mol. The van der Waals surface area contributed by atoms with Crippen LogP contribution in [0.1, 0.15) is 41.2 Å². The van der Waals surface area contributed by atoms with Crippen LogP contribution >= 0.6 is 0 Å². The van der Waals surface area contributed by atoms with Crippen molar-refractivity contribution in [2.75, 3.05) is 4.90 Å². The molecule has 2 nitrogen and oxygen atoms in total. The van der Waals surface area contributed by atoms with E-state index in [0.29, 0.717) is 5.92 Å². The Morgan fingerprint density at radius 1 is 0.558 bits per heavy atom. The van der Waals surface area contributed by atoms with Gasteiger partial charge in [-0.3, -0.25) is 0 Å². The quantitative estimate of drug-likeness (QED) is 0.186. The van der Waals surface area contributed by atoms with Crippen LogP contribution in [-0.4, -0.2) is 0 Å². The Hall–Kier alpha value is -6.38. The number of hydrogen-bond donors (Lipinski definition) is 0. The van der Waals surface area contributed by atoms with Crippen molar-refractivity contribution < 1.29 is 4.42 Å². The molecule has 246 valence electrons. The van der Waals surface area contributed by atoms with Gasteiger partial charge in [-0.1, -0.05) is 140 Å². The summed E-state index contributed by atoms with van der Waals surface area (Å²) < 4.78 is 6.42. The maximum Gasteiger partial charge on any atom is 0.137 e. The largest absolute Gasteiger partial charge is 0.456 e. The van der Waals surface area contributed by atoms with Crippen molar-refractivity contribution in [3.63, 3.8) is 0 Å². The van der Waals surface area contributed by atoms with Crippen molar-refractivity contribution in [1.82, 2.24) is 0 Å². The van der Waals surface area contributed by atoms with Crippen LogP contribution in [-0.2, 0) is 5.41 Å². The van der Waals surface area contributed by atoms with Gasteiger partial charge in [0.15, 0.2) is 0 Å². The maximum absolute atomic E-state index is 6.42. The third kappa shape index (κ3) is 3.95. The molecule has 52 heavy (non-hydrogen) atoms. The van der Waals surface area contributed by atoms with E-state index in [2.05, 4.69) is 182 Å². The van der Waals surface area contributed by atoms with E-state index in [0.717, 1.165) is 45.4 Å². The van der Waals surface area contributed by atoms with Crippen LogP contribution in [0.25, 0.3) is 44.2 Å². The zero-order valence-corrected chi connectivity index (χ0v) is 28.9. The lowest BCUT2D eigenvalue weighted by Crippen LogP contribution is -2.28. The second-order valence-corrected chi connectivity index (χ2v) is 14.5. The molecule has 2 heteroatoms. The van der Waals surface area contributed by atoms with E-state index >= 15 is 0 Å². The predicted octanol–water partition coefficient (Wildman–Crippen LogP) is 13.3. The van der Waals surface area contributed by atoms with Gasteiger partial charge in [0.05, 0.1) is 16.5 Å². The molecule has 3 aliphatic rings. The van der Waals surface area contributed by atoms with Crippen LogP contribution in [0.4, 0.5) is 17.1 Å². The minimum atomic E-state index is -0.440. The van der Waals surface area contributed by atoms with E-state index in [1.807, 2.05) is 6.07 Å². The van der Waals surface area contributed by atoms with Crippen LogP contribution in [0.2, 0.25) is 0 Å². The number of fused-ring (bicyclic) bond motifs is 12. The van der Waals surface area contributed by atoms with Gasteiger partial charge in [0, 0.05) is 16.8 Å². The third-order valence-electron chi connectivity index (χ3n) is 11.8. The van der Waals surface area contributed by atoms with E-state index in [9.17, 15) is 0 Å². The summed E-state index contributed by atoms with van der Waals surface area (Å²) in [5.41, 5.74) is 18.4. The van der Waals surface area contributed by atoms with Crippen molar-refractivity contribution in [2.45, 2.75) is 18.8 Å². The first-order chi connectivity index (χ1) is 25.7. The van der Waals surface area contributed by atoms with Gasteiger partial charge in [-0.25, -0.2) is 0 Å². The Morgan fingerprint density at radius 2 is 1.21 bits per heavy atom. The van der Waals surface area contributed by atoms with Crippen molar-refractivity contribution in [2.24, 2.45) is 5.92 Å². The fourth-order valence-electron chi connectivity index (χ4n) is 9.65. The zero-order chi connectivity index (χ0) is 34.4. The first kappa shape index (κ1) is 29.4. The smallest absolute Gasteiger partial charge is 0.137 e. The molecule has 3 aliphatic carbocycles. The Bertz CT molecular complexity index is 2740. The maximum atomic E-state index is 6.42. The highest BCUT2D eigenvalue weighted by Gasteiger charge is 2.53. The summed E-state index contributed by atoms with van der Waals surface area (Å²) in [4.78, 5) is 2.43. The van der Waals surface area contributed by atoms with E-state index in [1.165, 1.54) is 55.7 Å². The van der Waals surface area contributed by atoms with Crippen LogP contribution in [0.3, 0.4) is 0 Å². The summed E-state index contributed by atoms with van der Waals surface area (Å²) >= 11 is 0. The summed E-state index contributed by atoms with van der Waals surface area (Å²) in [5, 5.41) is 2.24. The number of anilines is 3. The van der Waals surface area contributed by atoms with Crippen LogP contribution in [0.5, 0.6) is 0 Å². The minimum Gasteiger partial charge on any atom is -0.456 e. The first-order valence-corrected chi connectivity index (χ1v) is 18.3. The Labute approximate surface area is 303 Å². The summed E-state index contributed by atoms with van der Waals surface area (Å²) in [6, 6.07) is 62.1. The summed E-state index contributed by atoms with van der Waals surface area (Å²) in [6.07, 6.45) is 3.56. The van der Waals surface area contributed by atoms with Gasteiger partial charge in [-0.2, -0.15) is 0 Å². The van der Waals surface area contributed by atoms with E-state index < -0.39 is 5.41 Å². The molecular weight excluding hydrogens is 631 g/mol. The van der Waals surface area contributed by atoms with Gasteiger partial charge < -0.3 is 9.32 Å². The van der Waals surface area contributed by atoms with Gasteiger partial charge in [0.25, 0.3) is 0 Å². The molecular formula is C50H35NO. The fourth-order valence-corrected chi connectivity index (χ4v) is 9.65. The number of rotatable bonds is 4. The van der Waals surface area contributed by atoms with Crippen molar-refractivity contribution in [3.8, 4) is 11.1 Å². The van der Waals surface area contributed by atoms with Crippen LogP contribution in [0.15, 0.2) is 186 Å². The molecule has 0 radical (unpaired) electrons. The molecule has 0 aliphatic heterocycles. The Balaban J connectivity index is 1.21. The summed E-state index contributed by atoms with van der Waals surface area (Å²) in [6.45, 7) is 2.39. The summed E-state index contributed by atoms with van der Waals surface area (Å²) in [7, 11) is 0. The minimum absolute atomic E-state index is 0.392. The lowest BCUT2D eigenvalue weighted by molar-refractivity contribution is 0.669. The molecule has 0 N–H and O–H groups in total. The fraction of sp³-hybridized carbons (Fsp3) is 0.0800. The Kier molecular flexibility index (Phi) is 6.24. The molecule has 8 aromatic rings. The van der Waals surface area contributed by atoms with Gasteiger partial charge >= 0.3 is 0 Å². The number of nitrogens with zero attached hydrogens (tertiary/aromatic N) is 1.